The number of rotatable bonds is 4. The van der Waals surface area contributed by atoms with Crippen LogP contribution in [-0.4, -0.2) is 13.2 Å². The van der Waals surface area contributed by atoms with Gasteiger partial charge in [-0.15, -0.1) is 0 Å². The van der Waals surface area contributed by atoms with Crippen molar-refractivity contribution in [3.63, 3.8) is 0 Å². The van der Waals surface area contributed by atoms with Crippen LogP contribution >= 0.6 is 11.6 Å². The number of ether oxygens (including phenoxy) is 1. The third kappa shape index (κ3) is 2.40. The lowest BCUT2D eigenvalue weighted by Crippen LogP contribution is -2.15. The molecule has 14 heavy (non-hydrogen) atoms. The van der Waals surface area contributed by atoms with E-state index in [0.717, 1.165) is 22.9 Å². The number of benzene rings is 1. The lowest BCUT2D eigenvalue weighted by atomic mass is 10.2. The minimum absolute atomic E-state index is 0.716. The van der Waals surface area contributed by atoms with E-state index < -0.39 is 0 Å². The van der Waals surface area contributed by atoms with Gasteiger partial charge in [0, 0.05) is 17.6 Å². The van der Waals surface area contributed by atoms with Crippen LogP contribution in [0.3, 0.4) is 0 Å². The molecule has 1 fully saturated rings. The number of hydrogen-bond donors (Lipinski definition) is 1. The minimum Gasteiger partial charge on any atom is -0.497 e. The van der Waals surface area contributed by atoms with Gasteiger partial charge >= 0.3 is 0 Å². The molecule has 76 valence electrons. The van der Waals surface area contributed by atoms with Gasteiger partial charge in [-0.25, -0.2) is 0 Å². The Hall–Kier alpha value is -0.730. The summed E-state index contributed by atoms with van der Waals surface area (Å²) in [5, 5.41) is 4.20. The van der Waals surface area contributed by atoms with Crippen molar-refractivity contribution in [3.05, 3.63) is 28.8 Å². The van der Waals surface area contributed by atoms with Crippen molar-refractivity contribution in [2.45, 2.75) is 25.4 Å². The van der Waals surface area contributed by atoms with E-state index in [1.54, 1.807) is 7.11 Å². The van der Waals surface area contributed by atoms with E-state index in [1.807, 2.05) is 18.2 Å². The highest BCUT2D eigenvalue weighted by molar-refractivity contribution is 6.31. The molecule has 1 N–H and O–H groups in total. The molecule has 2 rings (SSSR count). The predicted octanol–water partition coefficient (Wildman–Crippen LogP) is 2.60. The highest BCUT2D eigenvalue weighted by atomic mass is 35.5. The first-order valence-electron chi connectivity index (χ1n) is 4.85. The van der Waals surface area contributed by atoms with Crippen LogP contribution in [0, 0.1) is 0 Å². The highest BCUT2D eigenvalue weighted by Crippen LogP contribution is 2.24. The third-order valence-corrected chi connectivity index (χ3v) is 2.77. The summed E-state index contributed by atoms with van der Waals surface area (Å²) in [4.78, 5) is 0. The van der Waals surface area contributed by atoms with Gasteiger partial charge < -0.3 is 10.1 Å². The van der Waals surface area contributed by atoms with Crippen molar-refractivity contribution < 1.29 is 4.74 Å². The van der Waals surface area contributed by atoms with Crippen LogP contribution in [0.4, 0.5) is 0 Å². The molecule has 1 saturated carbocycles. The van der Waals surface area contributed by atoms with Gasteiger partial charge in [0.25, 0.3) is 0 Å². The Morgan fingerprint density at radius 3 is 2.86 bits per heavy atom. The Morgan fingerprint density at radius 2 is 2.29 bits per heavy atom. The summed E-state index contributed by atoms with van der Waals surface area (Å²) in [5.41, 5.74) is 1.14. The molecule has 0 heterocycles. The predicted molar refractivity (Wildman–Crippen MR) is 57.9 cm³/mol. The van der Waals surface area contributed by atoms with E-state index in [9.17, 15) is 0 Å². The van der Waals surface area contributed by atoms with Crippen molar-refractivity contribution in [2.75, 3.05) is 7.11 Å². The lowest BCUT2D eigenvalue weighted by Gasteiger charge is -2.07. The Kier molecular flexibility index (Phi) is 2.94. The number of methoxy groups -OCH3 is 1. The van der Waals surface area contributed by atoms with Crippen molar-refractivity contribution in [1.29, 1.82) is 0 Å². The van der Waals surface area contributed by atoms with Gasteiger partial charge in [-0.05, 0) is 30.5 Å². The minimum atomic E-state index is 0.716. The topological polar surface area (TPSA) is 21.3 Å². The molecule has 1 aromatic carbocycles. The summed E-state index contributed by atoms with van der Waals surface area (Å²) in [6.45, 7) is 0.855. The fourth-order valence-electron chi connectivity index (χ4n) is 1.34. The summed E-state index contributed by atoms with van der Waals surface area (Å²) in [5.74, 6) is 0.810. The maximum absolute atomic E-state index is 6.09. The molecule has 0 aliphatic heterocycles. The summed E-state index contributed by atoms with van der Waals surface area (Å²) >= 11 is 6.09. The lowest BCUT2D eigenvalue weighted by molar-refractivity contribution is 0.414. The highest BCUT2D eigenvalue weighted by Gasteiger charge is 2.20. The molecular formula is C11H14ClNO. The van der Waals surface area contributed by atoms with Gasteiger partial charge in [-0.2, -0.15) is 0 Å². The fraction of sp³-hybridized carbons (Fsp3) is 0.455. The average molecular weight is 212 g/mol. The van der Waals surface area contributed by atoms with Gasteiger partial charge in [0.05, 0.1) is 7.11 Å². The summed E-state index contributed by atoms with van der Waals surface area (Å²) in [6, 6.07) is 6.52. The van der Waals surface area contributed by atoms with Crippen LogP contribution in [0.5, 0.6) is 5.75 Å². The van der Waals surface area contributed by atoms with Crippen molar-refractivity contribution in [1.82, 2.24) is 5.32 Å². The third-order valence-electron chi connectivity index (χ3n) is 2.42. The molecule has 1 aromatic rings. The molecule has 2 nitrogen and oxygen atoms in total. The molecule has 0 atom stereocenters. The summed E-state index contributed by atoms with van der Waals surface area (Å²) < 4.78 is 5.08. The molecule has 0 bridgehead atoms. The molecule has 0 aromatic heterocycles. The smallest absolute Gasteiger partial charge is 0.120 e. The molecule has 0 saturated heterocycles. The van der Waals surface area contributed by atoms with Gasteiger partial charge in [-0.3, -0.25) is 0 Å². The van der Waals surface area contributed by atoms with Gasteiger partial charge in [0.1, 0.15) is 5.75 Å². The number of nitrogens with one attached hydrogen (secondary N) is 1. The van der Waals surface area contributed by atoms with Crippen LogP contribution in [0.15, 0.2) is 18.2 Å². The van der Waals surface area contributed by atoms with Gasteiger partial charge in [0.2, 0.25) is 0 Å². The second-order valence-electron chi connectivity index (χ2n) is 3.61. The molecule has 3 heteroatoms. The zero-order chi connectivity index (χ0) is 9.97. The molecule has 0 amide bonds. The van der Waals surface area contributed by atoms with Crippen molar-refractivity contribution in [3.8, 4) is 5.75 Å². The van der Waals surface area contributed by atoms with Crippen molar-refractivity contribution >= 4 is 11.6 Å². The molecule has 0 unspecified atom stereocenters. The Labute approximate surface area is 89.2 Å². The maximum atomic E-state index is 6.09. The van der Waals surface area contributed by atoms with E-state index in [4.69, 9.17) is 16.3 Å². The van der Waals surface area contributed by atoms with E-state index in [-0.39, 0.29) is 0 Å². The monoisotopic (exact) mass is 211 g/mol. The summed E-state index contributed by atoms with van der Waals surface area (Å²) in [6.07, 6.45) is 2.60. The first-order valence-corrected chi connectivity index (χ1v) is 5.23. The second-order valence-corrected chi connectivity index (χ2v) is 4.02. The average Bonchev–Trinajstić information content (AvgIpc) is 2.99. The van der Waals surface area contributed by atoms with Crippen molar-refractivity contribution in [2.24, 2.45) is 0 Å². The normalized spacial score (nSPS) is 15.6. The van der Waals surface area contributed by atoms with Crippen LogP contribution in [0.25, 0.3) is 0 Å². The van der Waals surface area contributed by atoms with Crippen LogP contribution in [0.1, 0.15) is 18.4 Å². The van der Waals surface area contributed by atoms with E-state index in [2.05, 4.69) is 5.32 Å². The molecular weight excluding hydrogens is 198 g/mol. The van der Waals surface area contributed by atoms with Crippen LogP contribution in [0.2, 0.25) is 5.02 Å². The second kappa shape index (κ2) is 4.20. The molecule has 0 spiro atoms. The van der Waals surface area contributed by atoms with E-state index >= 15 is 0 Å². The zero-order valence-electron chi connectivity index (χ0n) is 8.22. The Bertz CT molecular complexity index is 323. The van der Waals surface area contributed by atoms with Gasteiger partial charge in [-0.1, -0.05) is 17.7 Å². The maximum Gasteiger partial charge on any atom is 0.120 e. The van der Waals surface area contributed by atoms with Crippen LogP contribution in [-0.2, 0) is 6.54 Å². The van der Waals surface area contributed by atoms with Gasteiger partial charge in [0.15, 0.2) is 0 Å². The quantitative estimate of drug-likeness (QED) is 0.827. The SMILES string of the molecule is COc1ccc(CNC2CC2)c(Cl)c1. The fourth-order valence-corrected chi connectivity index (χ4v) is 1.58. The molecule has 0 radical (unpaired) electrons. The van der Waals surface area contributed by atoms with E-state index in [0.29, 0.717) is 6.04 Å². The number of hydrogen-bond acceptors (Lipinski definition) is 2. The first-order chi connectivity index (χ1) is 6.79. The summed E-state index contributed by atoms with van der Waals surface area (Å²) in [7, 11) is 1.65. The van der Waals surface area contributed by atoms with Crippen LogP contribution < -0.4 is 10.1 Å². The molecule has 1 aliphatic carbocycles. The molecule has 1 aliphatic rings. The Balaban J connectivity index is 2.01. The zero-order valence-corrected chi connectivity index (χ0v) is 8.97. The first kappa shape index (κ1) is 9.81. The van der Waals surface area contributed by atoms with E-state index in [1.165, 1.54) is 12.8 Å². The standard InChI is InChI=1S/C11H14ClNO/c1-14-10-5-2-8(11(12)6-10)7-13-9-3-4-9/h2,5-6,9,13H,3-4,7H2,1H3. The Morgan fingerprint density at radius 1 is 1.50 bits per heavy atom. The number of halogens is 1. The largest absolute Gasteiger partial charge is 0.497 e.